The topological polar surface area (TPSA) is 58.6 Å². The molecule has 0 aromatic heterocycles. The standard InChI is InChI=1S/C11H13F2NO3/c1-17-11-8(12)5-7(6-9(11)13)14-10(16)3-2-4-15/h5-6,15H,2-4H2,1H3,(H,14,16). The quantitative estimate of drug-likeness (QED) is 0.829. The highest BCUT2D eigenvalue weighted by Crippen LogP contribution is 2.25. The molecule has 0 unspecified atom stereocenters. The third-order valence-corrected chi connectivity index (χ3v) is 2.05. The number of anilines is 1. The second-order valence-corrected chi connectivity index (χ2v) is 3.35. The van der Waals surface area contributed by atoms with Crippen LogP contribution in [0.1, 0.15) is 12.8 Å². The summed E-state index contributed by atoms with van der Waals surface area (Å²) in [6, 6.07) is 1.94. The Morgan fingerprint density at radius 3 is 2.47 bits per heavy atom. The van der Waals surface area contributed by atoms with Crippen LogP contribution in [-0.4, -0.2) is 24.7 Å². The number of carbonyl (C=O) groups excluding carboxylic acids is 1. The van der Waals surface area contributed by atoms with Crippen molar-refractivity contribution in [2.45, 2.75) is 12.8 Å². The van der Waals surface area contributed by atoms with Gasteiger partial charge < -0.3 is 15.2 Å². The molecule has 0 aliphatic carbocycles. The lowest BCUT2D eigenvalue weighted by Crippen LogP contribution is -2.12. The highest BCUT2D eigenvalue weighted by atomic mass is 19.1. The molecule has 0 spiro atoms. The number of ether oxygens (including phenoxy) is 1. The molecule has 0 aliphatic rings. The van der Waals surface area contributed by atoms with E-state index in [9.17, 15) is 13.6 Å². The van der Waals surface area contributed by atoms with Gasteiger partial charge in [0.15, 0.2) is 17.4 Å². The van der Waals surface area contributed by atoms with E-state index in [1.807, 2.05) is 0 Å². The fraction of sp³-hybridized carbons (Fsp3) is 0.364. The average Bonchev–Trinajstić information content (AvgIpc) is 2.26. The zero-order valence-electron chi connectivity index (χ0n) is 9.30. The number of halogens is 2. The van der Waals surface area contributed by atoms with Crippen molar-refractivity contribution in [1.29, 1.82) is 0 Å². The minimum atomic E-state index is -0.884. The first-order valence-corrected chi connectivity index (χ1v) is 5.02. The van der Waals surface area contributed by atoms with E-state index in [1.54, 1.807) is 0 Å². The SMILES string of the molecule is COc1c(F)cc(NC(=O)CCCO)cc1F. The number of methoxy groups -OCH3 is 1. The summed E-state index contributed by atoms with van der Waals surface area (Å²) < 4.78 is 31.0. The first-order valence-electron chi connectivity index (χ1n) is 5.02. The van der Waals surface area contributed by atoms with Crippen molar-refractivity contribution in [2.75, 3.05) is 19.0 Å². The van der Waals surface area contributed by atoms with Gasteiger partial charge in [-0.2, -0.15) is 0 Å². The zero-order valence-corrected chi connectivity index (χ0v) is 9.30. The van der Waals surface area contributed by atoms with Gasteiger partial charge in [-0.25, -0.2) is 8.78 Å². The van der Waals surface area contributed by atoms with E-state index in [1.165, 1.54) is 0 Å². The predicted molar refractivity (Wildman–Crippen MR) is 57.9 cm³/mol. The van der Waals surface area contributed by atoms with Crippen molar-refractivity contribution in [2.24, 2.45) is 0 Å². The molecule has 1 rings (SSSR count). The molecule has 0 fully saturated rings. The van der Waals surface area contributed by atoms with Crippen LogP contribution in [0.5, 0.6) is 5.75 Å². The van der Waals surface area contributed by atoms with Crippen LogP contribution in [0, 0.1) is 11.6 Å². The Morgan fingerprint density at radius 2 is 2.00 bits per heavy atom. The molecule has 4 nitrogen and oxygen atoms in total. The van der Waals surface area contributed by atoms with Crippen LogP contribution in [0.3, 0.4) is 0 Å². The van der Waals surface area contributed by atoms with E-state index >= 15 is 0 Å². The number of hydrogen-bond acceptors (Lipinski definition) is 3. The zero-order chi connectivity index (χ0) is 12.8. The van der Waals surface area contributed by atoms with Gasteiger partial charge in [-0.15, -0.1) is 0 Å². The lowest BCUT2D eigenvalue weighted by atomic mass is 10.2. The number of nitrogens with one attached hydrogen (secondary N) is 1. The number of hydrogen-bond donors (Lipinski definition) is 2. The van der Waals surface area contributed by atoms with Crippen LogP contribution in [0.25, 0.3) is 0 Å². The molecule has 0 saturated carbocycles. The number of carbonyl (C=O) groups is 1. The smallest absolute Gasteiger partial charge is 0.224 e. The van der Waals surface area contributed by atoms with Crippen molar-refractivity contribution >= 4 is 11.6 Å². The number of amides is 1. The highest BCUT2D eigenvalue weighted by Gasteiger charge is 2.12. The van der Waals surface area contributed by atoms with E-state index in [-0.39, 0.29) is 18.7 Å². The summed E-state index contributed by atoms with van der Waals surface area (Å²) in [5.41, 5.74) is 0.0174. The van der Waals surface area contributed by atoms with Crippen LogP contribution in [-0.2, 0) is 4.79 Å². The molecule has 17 heavy (non-hydrogen) atoms. The number of aliphatic hydroxyl groups is 1. The van der Waals surface area contributed by atoms with Gasteiger partial charge in [0.2, 0.25) is 5.91 Å². The summed E-state index contributed by atoms with van der Waals surface area (Å²) in [5, 5.41) is 10.8. The molecule has 1 amide bonds. The fourth-order valence-corrected chi connectivity index (χ4v) is 1.29. The molecule has 0 saturated heterocycles. The second kappa shape index (κ2) is 6.15. The molecule has 0 bridgehead atoms. The van der Waals surface area contributed by atoms with Gasteiger partial charge in [0, 0.05) is 30.8 Å². The molecule has 1 aromatic carbocycles. The van der Waals surface area contributed by atoms with Crippen molar-refractivity contribution in [3.05, 3.63) is 23.8 Å². The van der Waals surface area contributed by atoms with Gasteiger partial charge in [-0.3, -0.25) is 4.79 Å². The monoisotopic (exact) mass is 245 g/mol. The molecule has 0 atom stereocenters. The van der Waals surface area contributed by atoms with Crippen molar-refractivity contribution in [3.8, 4) is 5.75 Å². The van der Waals surface area contributed by atoms with Gasteiger partial charge in [-0.05, 0) is 6.42 Å². The van der Waals surface area contributed by atoms with Crippen molar-refractivity contribution < 1.29 is 23.4 Å². The predicted octanol–water partition coefficient (Wildman–Crippen LogP) is 1.68. The summed E-state index contributed by atoms with van der Waals surface area (Å²) in [5.74, 6) is -2.67. The number of aliphatic hydroxyl groups excluding tert-OH is 1. The number of rotatable bonds is 5. The normalized spacial score (nSPS) is 10.1. The summed E-state index contributed by atoms with van der Waals surface area (Å²) in [4.78, 5) is 11.3. The minimum Gasteiger partial charge on any atom is -0.491 e. The lowest BCUT2D eigenvalue weighted by Gasteiger charge is -2.08. The molecule has 1 aromatic rings. The maximum atomic E-state index is 13.3. The minimum absolute atomic E-state index is 0.0174. The molecule has 94 valence electrons. The van der Waals surface area contributed by atoms with Gasteiger partial charge in [0.05, 0.1) is 7.11 Å². The Bertz CT molecular complexity index is 387. The largest absolute Gasteiger partial charge is 0.491 e. The summed E-state index contributed by atoms with van der Waals surface area (Å²) >= 11 is 0. The van der Waals surface area contributed by atoms with Crippen molar-refractivity contribution in [3.63, 3.8) is 0 Å². The molecular weight excluding hydrogens is 232 g/mol. The van der Waals surface area contributed by atoms with Crippen LogP contribution >= 0.6 is 0 Å². The van der Waals surface area contributed by atoms with Gasteiger partial charge in [-0.1, -0.05) is 0 Å². The molecule has 0 aliphatic heterocycles. The fourth-order valence-electron chi connectivity index (χ4n) is 1.29. The second-order valence-electron chi connectivity index (χ2n) is 3.35. The molecule has 0 heterocycles. The van der Waals surface area contributed by atoms with Crippen molar-refractivity contribution in [1.82, 2.24) is 0 Å². The van der Waals surface area contributed by atoms with Crippen LogP contribution in [0.15, 0.2) is 12.1 Å². The van der Waals surface area contributed by atoms with E-state index in [0.717, 1.165) is 19.2 Å². The Labute approximate surface area is 97.2 Å². The first-order chi connectivity index (χ1) is 8.08. The van der Waals surface area contributed by atoms with Gasteiger partial charge >= 0.3 is 0 Å². The van der Waals surface area contributed by atoms with E-state index in [0.29, 0.717) is 6.42 Å². The van der Waals surface area contributed by atoms with E-state index in [2.05, 4.69) is 10.1 Å². The lowest BCUT2D eigenvalue weighted by molar-refractivity contribution is -0.116. The van der Waals surface area contributed by atoms with Gasteiger partial charge in [0.25, 0.3) is 0 Å². The maximum Gasteiger partial charge on any atom is 0.224 e. The van der Waals surface area contributed by atoms with Crippen LogP contribution in [0.2, 0.25) is 0 Å². The van der Waals surface area contributed by atoms with Crippen LogP contribution < -0.4 is 10.1 Å². The number of benzene rings is 1. The third-order valence-electron chi connectivity index (χ3n) is 2.05. The molecule has 2 N–H and O–H groups in total. The highest BCUT2D eigenvalue weighted by molar-refractivity contribution is 5.90. The third kappa shape index (κ3) is 3.67. The summed E-state index contributed by atoms with van der Waals surface area (Å²) in [6.07, 6.45) is 0.388. The van der Waals surface area contributed by atoms with E-state index in [4.69, 9.17) is 5.11 Å². The van der Waals surface area contributed by atoms with Crippen LogP contribution in [0.4, 0.5) is 14.5 Å². The Balaban J connectivity index is 2.76. The molecular formula is C11H13F2NO3. The maximum absolute atomic E-state index is 13.3. The molecule has 0 radical (unpaired) electrons. The Hall–Kier alpha value is -1.69. The van der Waals surface area contributed by atoms with Gasteiger partial charge in [0.1, 0.15) is 0 Å². The first kappa shape index (κ1) is 13.4. The Morgan fingerprint density at radius 1 is 1.41 bits per heavy atom. The van der Waals surface area contributed by atoms with E-state index < -0.39 is 23.3 Å². The molecule has 6 heteroatoms. The summed E-state index contributed by atoms with van der Waals surface area (Å²) in [6.45, 7) is -0.112. The average molecular weight is 245 g/mol. The Kier molecular flexibility index (Phi) is 4.84. The summed E-state index contributed by atoms with van der Waals surface area (Å²) in [7, 11) is 1.15.